The third-order valence-electron chi connectivity index (χ3n) is 2.90. The molecule has 22 heavy (non-hydrogen) atoms. The summed E-state index contributed by atoms with van der Waals surface area (Å²) in [5.74, 6) is 0.654. The van der Waals surface area contributed by atoms with Gasteiger partial charge in [-0.15, -0.1) is 0 Å². The highest BCUT2D eigenvalue weighted by molar-refractivity contribution is 5.95. The van der Waals surface area contributed by atoms with Crippen LogP contribution in [-0.4, -0.2) is 30.5 Å². The van der Waals surface area contributed by atoms with Crippen molar-refractivity contribution < 1.29 is 14.3 Å². The number of carbonyl (C=O) groups excluding carboxylic acids is 2. The van der Waals surface area contributed by atoms with Crippen molar-refractivity contribution in [1.82, 2.24) is 10.3 Å². The first-order valence-electron chi connectivity index (χ1n) is 6.82. The lowest BCUT2D eigenvalue weighted by atomic mass is 10.2. The second-order valence-corrected chi connectivity index (χ2v) is 4.50. The van der Waals surface area contributed by atoms with Crippen LogP contribution in [0.25, 0.3) is 0 Å². The Morgan fingerprint density at radius 3 is 2.77 bits per heavy atom. The highest BCUT2D eigenvalue weighted by atomic mass is 16.5. The molecule has 6 heteroatoms. The van der Waals surface area contributed by atoms with Crippen LogP contribution >= 0.6 is 0 Å². The van der Waals surface area contributed by atoms with Crippen LogP contribution in [0.15, 0.2) is 48.7 Å². The molecule has 0 saturated carbocycles. The van der Waals surface area contributed by atoms with Crippen LogP contribution in [-0.2, 0) is 4.79 Å². The number of nitrogens with zero attached hydrogens (tertiary/aromatic N) is 1. The summed E-state index contributed by atoms with van der Waals surface area (Å²) >= 11 is 0. The number of nitrogens with one attached hydrogen (secondary N) is 2. The van der Waals surface area contributed by atoms with Crippen LogP contribution in [0.4, 0.5) is 5.82 Å². The van der Waals surface area contributed by atoms with Crippen molar-refractivity contribution in [2.45, 2.75) is 6.42 Å². The Kier molecular flexibility index (Phi) is 5.48. The summed E-state index contributed by atoms with van der Waals surface area (Å²) in [6.45, 7) is 0.245. The van der Waals surface area contributed by atoms with E-state index in [0.717, 1.165) is 0 Å². The third-order valence-corrected chi connectivity index (χ3v) is 2.90. The second-order valence-electron chi connectivity index (χ2n) is 4.50. The monoisotopic (exact) mass is 299 g/mol. The fourth-order valence-corrected chi connectivity index (χ4v) is 1.80. The number of hydrogen-bond donors (Lipinski definition) is 2. The summed E-state index contributed by atoms with van der Waals surface area (Å²) in [6, 6.07) is 12.1. The standard InChI is InChI=1S/C16H17N3O3/c1-22-13-6-4-5-12(11-13)16(21)18-10-8-15(20)19-14-7-2-3-9-17-14/h2-7,9,11H,8,10H2,1H3,(H,18,21)(H,17,19,20). The highest BCUT2D eigenvalue weighted by Crippen LogP contribution is 2.12. The van der Waals surface area contributed by atoms with Gasteiger partial charge < -0.3 is 15.4 Å². The second kappa shape index (κ2) is 7.78. The number of anilines is 1. The van der Waals surface area contributed by atoms with Gasteiger partial charge in [0.05, 0.1) is 7.11 Å². The van der Waals surface area contributed by atoms with Gasteiger partial charge in [0.25, 0.3) is 5.91 Å². The normalized spacial score (nSPS) is 9.86. The van der Waals surface area contributed by atoms with Gasteiger partial charge >= 0.3 is 0 Å². The molecule has 0 fully saturated rings. The molecule has 0 bridgehead atoms. The smallest absolute Gasteiger partial charge is 0.251 e. The van der Waals surface area contributed by atoms with Crippen molar-refractivity contribution in [3.05, 3.63) is 54.2 Å². The van der Waals surface area contributed by atoms with Crippen molar-refractivity contribution in [3.8, 4) is 5.75 Å². The van der Waals surface area contributed by atoms with Gasteiger partial charge in [-0.2, -0.15) is 0 Å². The van der Waals surface area contributed by atoms with Gasteiger partial charge in [-0.3, -0.25) is 9.59 Å². The highest BCUT2D eigenvalue weighted by Gasteiger charge is 2.08. The average Bonchev–Trinajstić information content (AvgIpc) is 2.55. The molecule has 0 aliphatic carbocycles. The molecule has 0 aliphatic heterocycles. The Labute approximate surface area is 128 Å². The zero-order chi connectivity index (χ0) is 15.8. The largest absolute Gasteiger partial charge is 0.497 e. The molecule has 114 valence electrons. The Morgan fingerprint density at radius 1 is 1.18 bits per heavy atom. The molecule has 1 heterocycles. The topological polar surface area (TPSA) is 80.3 Å². The molecular weight excluding hydrogens is 282 g/mol. The van der Waals surface area contributed by atoms with Crippen molar-refractivity contribution in [3.63, 3.8) is 0 Å². The number of ether oxygens (including phenoxy) is 1. The summed E-state index contributed by atoms with van der Waals surface area (Å²) in [4.78, 5) is 27.6. The fraction of sp³-hybridized carbons (Fsp3) is 0.188. The van der Waals surface area contributed by atoms with Crippen molar-refractivity contribution >= 4 is 17.6 Å². The van der Waals surface area contributed by atoms with Crippen LogP contribution in [0.2, 0.25) is 0 Å². The summed E-state index contributed by atoms with van der Waals surface area (Å²) in [5.41, 5.74) is 0.490. The minimum absolute atomic E-state index is 0.173. The molecule has 0 unspecified atom stereocenters. The quantitative estimate of drug-likeness (QED) is 0.853. The Morgan fingerprint density at radius 2 is 2.05 bits per heavy atom. The number of amides is 2. The molecule has 0 radical (unpaired) electrons. The van der Waals surface area contributed by atoms with Gasteiger partial charge in [-0.25, -0.2) is 4.98 Å². The number of benzene rings is 1. The van der Waals surface area contributed by atoms with Crippen molar-refractivity contribution in [2.75, 3.05) is 19.0 Å². The number of aromatic nitrogens is 1. The van der Waals surface area contributed by atoms with E-state index in [1.165, 1.54) is 0 Å². The molecule has 2 rings (SSSR count). The van der Waals surface area contributed by atoms with Gasteiger partial charge in [-0.05, 0) is 30.3 Å². The van der Waals surface area contributed by atoms with Crippen molar-refractivity contribution in [1.29, 1.82) is 0 Å². The molecule has 1 aromatic heterocycles. The van der Waals surface area contributed by atoms with Gasteiger partial charge in [-0.1, -0.05) is 12.1 Å². The number of pyridine rings is 1. The Hall–Kier alpha value is -2.89. The van der Waals surface area contributed by atoms with E-state index in [2.05, 4.69) is 15.6 Å². The van der Waals surface area contributed by atoms with E-state index >= 15 is 0 Å². The molecule has 2 aromatic rings. The summed E-state index contributed by atoms with van der Waals surface area (Å²) in [6.07, 6.45) is 1.77. The fourth-order valence-electron chi connectivity index (χ4n) is 1.80. The van der Waals surface area contributed by atoms with E-state index in [0.29, 0.717) is 17.1 Å². The maximum Gasteiger partial charge on any atom is 0.251 e. The van der Waals surface area contributed by atoms with Gasteiger partial charge in [0, 0.05) is 24.7 Å². The number of hydrogen-bond acceptors (Lipinski definition) is 4. The lowest BCUT2D eigenvalue weighted by molar-refractivity contribution is -0.116. The van der Waals surface area contributed by atoms with Crippen LogP contribution in [0, 0.1) is 0 Å². The summed E-state index contributed by atoms with van der Waals surface area (Å²) in [5, 5.41) is 5.34. The Balaban J connectivity index is 1.78. The molecule has 2 amide bonds. The first kappa shape index (κ1) is 15.5. The van der Waals surface area contributed by atoms with E-state index < -0.39 is 0 Å². The first-order chi connectivity index (χ1) is 10.7. The Bertz CT molecular complexity index is 644. The van der Waals surface area contributed by atoms with E-state index in [1.54, 1.807) is 55.8 Å². The predicted octanol–water partition coefficient (Wildman–Crippen LogP) is 1.85. The van der Waals surface area contributed by atoms with Crippen LogP contribution in [0.3, 0.4) is 0 Å². The van der Waals surface area contributed by atoms with Gasteiger partial charge in [0.2, 0.25) is 5.91 Å². The molecular formula is C16H17N3O3. The SMILES string of the molecule is COc1cccc(C(=O)NCCC(=O)Nc2ccccn2)c1. The molecule has 0 saturated heterocycles. The number of rotatable bonds is 6. The van der Waals surface area contributed by atoms with E-state index in [9.17, 15) is 9.59 Å². The zero-order valence-electron chi connectivity index (χ0n) is 12.2. The molecule has 0 spiro atoms. The van der Waals surface area contributed by atoms with E-state index in [4.69, 9.17) is 4.74 Å². The maximum absolute atomic E-state index is 11.9. The number of methoxy groups -OCH3 is 1. The minimum Gasteiger partial charge on any atom is -0.497 e. The molecule has 2 N–H and O–H groups in total. The lowest BCUT2D eigenvalue weighted by Crippen LogP contribution is -2.27. The minimum atomic E-state index is -0.246. The average molecular weight is 299 g/mol. The number of carbonyl (C=O) groups is 2. The predicted molar refractivity (Wildman–Crippen MR) is 82.8 cm³/mol. The lowest BCUT2D eigenvalue weighted by Gasteiger charge is -2.07. The van der Waals surface area contributed by atoms with Crippen molar-refractivity contribution in [2.24, 2.45) is 0 Å². The van der Waals surface area contributed by atoms with E-state index in [1.807, 2.05) is 0 Å². The third kappa shape index (κ3) is 4.59. The molecule has 1 aromatic carbocycles. The van der Waals surface area contributed by atoms with Crippen LogP contribution in [0.1, 0.15) is 16.8 Å². The van der Waals surface area contributed by atoms with Gasteiger partial charge in [0.1, 0.15) is 11.6 Å². The summed E-state index contributed by atoms with van der Waals surface area (Å²) < 4.78 is 5.06. The van der Waals surface area contributed by atoms with Crippen LogP contribution in [0.5, 0.6) is 5.75 Å². The molecule has 0 aliphatic rings. The van der Waals surface area contributed by atoms with Gasteiger partial charge in [0.15, 0.2) is 0 Å². The zero-order valence-corrected chi connectivity index (χ0v) is 12.2. The van der Waals surface area contributed by atoms with E-state index in [-0.39, 0.29) is 24.8 Å². The maximum atomic E-state index is 11.9. The molecule has 0 atom stereocenters. The first-order valence-corrected chi connectivity index (χ1v) is 6.82. The molecule has 6 nitrogen and oxygen atoms in total. The summed E-state index contributed by atoms with van der Waals surface area (Å²) in [7, 11) is 1.54. The van der Waals surface area contributed by atoms with Crippen LogP contribution < -0.4 is 15.4 Å².